The number of carbonyl (C=O) groups is 1. The Balaban J connectivity index is 4.22. The van der Waals surface area contributed by atoms with E-state index in [1.54, 1.807) is 13.8 Å². The van der Waals surface area contributed by atoms with Crippen molar-refractivity contribution in [3.63, 3.8) is 0 Å². The van der Waals surface area contributed by atoms with Gasteiger partial charge in [-0.05, 0) is 26.7 Å². The summed E-state index contributed by atoms with van der Waals surface area (Å²) >= 11 is 0. The van der Waals surface area contributed by atoms with Crippen molar-refractivity contribution >= 4 is 6.09 Å². The molecule has 0 fully saturated rings. The van der Waals surface area contributed by atoms with Crippen LogP contribution in [-0.2, 0) is 4.74 Å². The highest BCUT2D eigenvalue weighted by Gasteiger charge is 2.27. The number of aliphatic hydroxyl groups excluding tert-OH is 1. The van der Waals surface area contributed by atoms with Gasteiger partial charge in [-0.3, -0.25) is 0 Å². The first kappa shape index (κ1) is 13.2. The van der Waals surface area contributed by atoms with Crippen molar-refractivity contribution in [3.05, 3.63) is 0 Å². The molecule has 0 aliphatic heterocycles. The first-order valence-corrected chi connectivity index (χ1v) is 5.09. The van der Waals surface area contributed by atoms with Crippen molar-refractivity contribution in [1.29, 1.82) is 0 Å². The Morgan fingerprint density at radius 3 is 2.21 bits per heavy atom. The van der Waals surface area contributed by atoms with E-state index in [0.717, 1.165) is 0 Å². The van der Waals surface area contributed by atoms with Gasteiger partial charge in [0.15, 0.2) is 0 Å². The van der Waals surface area contributed by atoms with Crippen LogP contribution in [0.3, 0.4) is 0 Å². The van der Waals surface area contributed by atoms with Gasteiger partial charge in [0.05, 0.1) is 18.2 Å². The molecular weight excluding hydrogens is 182 g/mol. The second-order valence-corrected chi connectivity index (χ2v) is 3.72. The molecule has 0 aliphatic rings. The summed E-state index contributed by atoms with van der Waals surface area (Å²) in [6.45, 7) is 7.37. The zero-order valence-electron chi connectivity index (χ0n) is 9.46. The lowest BCUT2D eigenvalue weighted by atomic mass is 9.94. The van der Waals surface area contributed by atoms with Crippen molar-refractivity contribution in [2.45, 2.75) is 52.2 Å². The van der Waals surface area contributed by atoms with E-state index in [-0.39, 0.29) is 12.7 Å². The highest BCUT2D eigenvalue weighted by molar-refractivity contribution is 5.68. The number of alkyl carbamates (subject to hydrolysis) is 1. The van der Waals surface area contributed by atoms with E-state index in [0.29, 0.717) is 12.8 Å². The molecule has 0 saturated heterocycles. The average molecular weight is 203 g/mol. The van der Waals surface area contributed by atoms with Gasteiger partial charge >= 0.3 is 6.09 Å². The monoisotopic (exact) mass is 203 g/mol. The molecule has 0 aromatic rings. The Labute approximate surface area is 85.6 Å². The van der Waals surface area contributed by atoms with E-state index < -0.39 is 11.6 Å². The Bertz CT molecular complexity index is 168. The number of hydrogen-bond donors (Lipinski definition) is 2. The fraction of sp³-hybridized carbons (Fsp3) is 0.900. The second kappa shape index (κ2) is 5.86. The molecular formula is C10H21NO3. The topological polar surface area (TPSA) is 58.6 Å². The summed E-state index contributed by atoms with van der Waals surface area (Å²) < 4.78 is 4.95. The minimum absolute atomic E-state index is 0.0623. The fourth-order valence-corrected chi connectivity index (χ4v) is 1.15. The molecule has 0 bridgehead atoms. The van der Waals surface area contributed by atoms with Gasteiger partial charge in [0.25, 0.3) is 0 Å². The lowest BCUT2D eigenvalue weighted by Crippen LogP contribution is -2.51. The van der Waals surface area contributed by atoms with Gasteiger partial charge < -0.3 is 15.2 Å². The van der Waals surface area contributed by atoms with Crippen molar-refractivity contribution in [2.75, 3.05) is 6.61 Å². The molecule has 4 nitrogen and oxygen atoms in total. The number of nitrogens with one attached hydrogen (secondary N) is 1. The molecule has 1 amide bonds. The van der Waals surface area contributed by atoms with E-state index in [1.165, 1.54) is 0 Å². The summed E-state index contributed by atoms with van der Waals surface area (Å²) in [6, 6.07) is 0. The molecule has 0 saturated carbocycles. The van der Waals surface area contributed by atoms with E-state index in [1.807, 2.05) is 13.8 Å². The van der Waals surface area contributed by atoms with Crippen LogP contribution in [0.2, 0.25) is 0 Å². The molecule has 14 heavy (non-hydrogen) atoms. The molecule has 0 rings (SSSR count). The van der Waals surface area contributed by atoms with Gasteiger partial charge in [-0.15, -0.1) is 0 Å². The van der Waals surface area contributed by atoms with E-state index in [4.69, 9.17) is 4.74 Å². The summed E-state index contributed by atoms with van der Waals surface area (Å²) in [6.07, 6.45) is 0.776. The van der Waals surface area contributed by atoms with Crippen molar-refractivity contribution in [3.8, 4) is 0 Å². The maximum Gasteiger partial charge on any atom is 0.407 e. The predicted molar refractivity (Wildman–Crippen MR) is 55.2 cm³/mol. The van der Waals surface area contributed by atoms with Gasteiger partial charge in [-0.25, -0.2) is 4.79 Å². The molecule has 0 radical (unpaired) electrons. The first-order chi connectivity index (χ1) is 6.49. The lowest BCUT2D eigenvalue weighted by Gasteiger charge is -2.30. The minimum Gasteiger partial charge on any atom is -0.447 e. The average Bonchev–Trinajstić information content (AvgIpc) is 2.13. The predicted octanol–water partition coefficient (Wildman–Crippen LogP) is 1.67. The molecule has 84 valence electrons. The molecule has 0 aromatic heterocycles. The van der Waals surface area contributed by atoms with Gasteiger partial charge in [-0.2, -0.15) is 0 Å². The number of hydrogen-bond acceptors (Lipinski definition) is 3. The van der Waals surface area contributed by atoms with Gasteiger partial charge in [0.2, 0.25) is 0 Å². The Morgan fingerprint density at radius 2 is 1.93 bits per heavy atom. The lowest BCUT2D eigenvalue weighted by molar-refractivity contribution is 0.0870. The number of aliphatic hydroxyl groups is 1. The third-order valence-corrected chi connectivity index (χ3v) is 2.37. The molecule has 0 unspecified atom stereocenters. The Hall–Kier alpha value is -0.770. The normalized spacial score (nSPS) is 11.6. The fourth-order valence-electron chi connectivity index (χ4n) is 1.15. The molecule has 0 aromatic carbocycles. The molecule has 0 spiro atoms. The van der Waals surface area contributed by atoms with Crippen LogP contribution in [0.1, 0.15) is 40.5 Å². The highest BCUT2D eigenvalue weighted by atomic mass is 16.6. The Morgan fingerprint density at radius 1 is 1.43 bits per heavy atom. The number of amides is 1. The van der Waals surface area contributed by atoms with Crippen LogP contribution in [0, 0.1) is 0 Å². The third kappa shape index (κ3) is 3.96. The highest BCUT2D eigenvalue weighted by Crippen LogP contribution is 2.14. The standard InChI is InChI=1S/C10H21NO3/c1-5-10(6-2,7-12)11-9(13)14-8(3)4/h8,12H,5-7H2,1-4H3,(H,11,13). The SMILES string of the molecule is CCC(CC)(CO)NC(=O)OC(C)C. The van der Waals surface area contributed by atoms with Crippen molar-refractivity contribution < 1.29 is 14.6 Å². The molecule has 2 N–H and O–H groups in total. The van der Waals surface area contributed by atoms with Crippen molar-refractivity contribution in [2.24, 2.45) is 0 Å². The third-order valence-electron chi connectivity index (χ3n) is 2.37. The number of ether oxygens (including phenoxy) is 1. The van der Waals surface area contributed by atoms with Gasteiger partial charge in [0.1, 0.15) is 0 Å². The van der Waals surface area contributed by atoms with Crippen LogP contribution in [-0.4, -0.2) is 29.4 Å². The van der Waals surface area contributed by atoms with Crippen LogP contribution in [0.15, 0.2) is 0 Å². The summed E-state index contributed by atoms with van der Waals surface area (Å²) in [5.41, 5.74) is -0.536. The zero-order chi connectivity index (χ0) is 11.2. The number of carbonyl (C=O) groups excluding carboxylic acids is 1. The minimum atomic E-state index is -0.536. The summed E-state index contributed by atoms with van der Waals surface area (Å²) in [7, 11) is 0. The maximum absolute atomic E-state index is 11.3. The molecule has 0 atom stereocenters. The molecule has 4 heteroatoms. The van der Waals surface area contributed by atoms with Gasteiger partial charge in [-0.1, -0.05) is 13.8 Å². The number of rotatable bonds is 5. The van der Waals surface area contributed by atoms with E-state index >= 15 is 0 Å². The van der Waals surface area contributed by atoms with Crippen LogP contribution < -0.4 is 5.32 Å². The van der Waals surface area contributed by atoms with Crippen molar-refractivity contribution in [1.82, 2.24) is 5.32 Å². The summed E-state index contributed by atoms with van der Waals surface area (Å²) in [5.74, 6) is 0. The zero-order valence-corrected chi connectivity index (χ0v) is 9.46. The van der Waals surface area contributed by atoms with E-state index in [2.05, 4.69) is 5.32 Å². The molecule has 0 aliphatic carbocycles. The largest absolute Gasteiger partial charge is 0.447 e. The summed E-state index contributed by atoms with van der Waals surface area (Å²) in [4.78, 5) is 11.3. The Kier molecular flexibility index (Phi) is 5.53. The van der Waals surface area contributed by atoms with Gasteiger partial charge in [0, 0.05) is 0 Å². The van der Waals surface area contributed by atoms with Crippen LogP contribution in [0.4, 0.5) is 4.79 Å². The van der Waals surface area contributed by atoms with Crippen LogP contribution in [0.5, 0.6) is 0 Å². The summed E-state index contributed by atoms with van der Waals surface area (Å²) in [5, 5.41) is 11.9. The quantitative estimate of drug-likeness (QED) is 0.714. The smallest absolute Gasteiger partial charge is 0.407 e. The molecule has 0 heterocycles. The second-order valence-electron chi connectivity index (χ2n) is 3.72. The van der Waals surface area contributed by atoms with Crippen LogP contribution in [0.25, 0.3) is 0 Å². The maximum atomic E-state index is 11.3. The first-order valence-electron chi connectivity index (χ1n) is 5.09. The van der Waals surface area contributed by atoms with Crippen LogP contribution >= 0.6 is 0 Å². The van der Waals surface area contributed by atoms with E-state index in [9.17, 15) is 9.90 Å².